The van der Waals surface area contributed by atoms with Crippen LogP contribution < -0.4 is 10.1 Å². The lowest BCUT2D eigenvalue weighted by molar-refractivity contribution is -0.128. The summed E-state index contributed by atoms with van der Waals surface area (Å²) in [5.41, 5.74) is 0.261. The first-order chi connectivity index (χ1) is 16.1. The summed E-state index contributed by atoms with van der Waals surface area (Å²) in [6.45, 7) is 4.51. The van der Waals surface area contributed by atoms with Crippen LogP contribution in [0.4, 0.5) is 4.39 Å². The summed E-state index contributed by atoms with van der Waals surface area (Å²) in [5.74, 6) is 1.18. The third-order valence-electron chi connectivity index (χ3n) is 7.53. The molecule has 2 heterocycles. The van der Waals surface area contributed by atoms with Crippen LogP contribution in [0.2, 0.25) is 0 Å². The van der Waals surface area contributed by atoms with Crippen molar-refractivity contribution in [2.75, 3.05) is 32.8 Å². The summed E-state index contributed by atoms with van der Waals surface area (Å²) in [5, 5.41) is 12.5. The van der Waals surface area contributed by atoms with E-state index in [1.807, 2.05) is 6.07 Å². The van der Waals surface area contributed by atoms with Crippen LogP contribution in [-0.4, -0.2) is 55.8 Å². The standard InChI is InChI=1S/C26H36FN3O3/c27-22-3-6-25(21(17-22)18-28)33-24-8-13-30(14-9-24)12-7-19-1-4-23(5-2-19)29-26(31)20-10-15-32-16-11-20/h3,6,17,19-20,23-24H,1-2,4-5,7-16H2,(H,29,31). The Morgan fingerprint density at radius 2 is 1.85 bits per heavy atom. The lowest BCUT2D eigenvalue weighted by Gasteiger charge is -2.35. The largest absolute Gasteiger partial charge is 0.489 e. The Labute approximate surface area is 196 Å². The van der Waals surface area contributed by atoms with Crippen LogP contribution in [0, 0.1) is 29.0 Å². The van der Waals surface area contributed by atoms with Gasteiger partial charge in [0.2, 0.25) is 5.91 Å². The van der Waals surface area contributed by atoms with Gasteiger partial charge in [0.05, 0.1) is 5.56 Å². The molecule has 1 saturated carbocycles. The van der Waals surface area contributed by atoms with Gasteiger partial charge >= 0.3 is 0 Å². The highest BCUT2D eigenvalue weighted by Gasteiger charge is 2.28. The number of carbonyl (C=O) groups excluding carboxylic acids is 1. The molecule has 0 bridgehead atoms. The number of ether oxygens (including phenoxy) is 2. The van der Waals surface area contributed by atoms with E-state index < -0.39 is 5.82 Å². The molecule has 1 N–H and O–H groups in total. The molecule has 33 heavy (non-hydrogen) atoms. The van der Waals surface area contributed by atoms with Crippen LogP contribution in [0.1, 0.15) is 63.4 Å². The third kappa shape index (κ3) is 6.91. The van der Waals surface area contributed by atoms with Gasteiger partial charge in [0.15, 0.2) is 0 Å². The zero-order valence-corrected chi connectivity index (χ0v) is 19.4. The van der Waals surface area contributed by atoms with Gasteiger partial charge in [0.1, 0.15) is 23.7 Å². The molecule has 3 aliphatic rings. The SMILES string of the molecule is N#Cc1cc(F)ccc1OC1CCN(CCC2CCC(NC(=O)C3CCOCC3)CC2)CC1. The van der Waals surface area contributed by atoms with Gasteiger partial charge in [-0.2, -0.15) is 5.26 Å². The Morgan fingerprint density at radius 3 is 2.55 bits per heavy atom. The van der Waals surface area contributed by atoms with Crippen molar-refractivity contribution < 1.29 is 18.7 Å². The Hall–Kier alpha value is -2.17. The molecule has 1 aromatic rings. The van der Waals surface area contributed by atoms with Crippen LogP contribution in [0.25, 0.3) is 0 Å². The fraction of sp³-hybridized carbons (Fsp3) is 0.692. The van der Waals surface area contributed by atoms with E-state index in [0.717, 1.165) is 64.1 Å². The van der Waals surface area contributed by atoms with Crippen LogP contribution in [0.3, 0.4) is 0 Å². The van der Waals surface area contributed by atoms with E-state index in [0.29, 0.717) is 25.0 Å². The quantitative estimate of drug-likeness (QED) is 0.669. The topological polar surface area (TPSA) is 74.6 Å². The summed E-state index contributed by atoms with van der Waals surface area (Å²) in [6, 6.07) is 6.49. The molecular formula is C26H36FN3O3. The maximum atomic E-state index is 13.3. The molecule has 0 aromatic heterocycles. The van der Waals surface area contributed by atoms with E-state index in [4.69, 9.17) is 9.47 Å². The number of likely N-dealkylation sites (tertiary alicyclic amines) is 1. The molecule has 2 saturated heterocycles. The van der Waals surface area contributed by atoms with Gasteiger partial charge in [-0.15, -0.1) is 0 Å². The molecule has 0 unspecified atom stereocenters. The number of hydrogen-bond acceptors (Lipinski definition) is 5. The zero-order chi connectivity index (χ0) is 23.0. The average molecular weight is 458 g/mol. The molecule has 0 radical (unpaired) electrons. The van der Waals surface area contributed by atoms with Crippen molar-refractivity contribution in [3.63, 3.8) is 0 Å². The highest BCUT2D eigenvalue weighted by Crippen LogP contribution is 2.29. The third-order valence-corrected chi connectivity index (χ3v) is 7.53. The van der Waals surface area contributed by atoms with E-state index in [2.05, 4.69) is 10.2 Å². The summed E-state index contributed by atoms with van der Waals surface area (Å²) in [6.07, 6.45) is 9.41. The van der Waals surface area contributed by atoms with Crippen molar-refractivity contribution in [3.05, 3.63) is 29.6 Å². The number of rotatable bonds is 7. The molecule has 7 heteroatoms. The smallest absolute Gasteiger partial charge is 0.223 e. The second-order valence-electron chi connectivity index (χ2n) is 9.81. The molecule has 3 fully saturated rings. The number of nitrogens with zero attached hydrogens (tertiary/aromatic N) is 2. The van der Waals surface area contributed by atoms with Crippen LogP contribution in [0.15, 0.2) is 18.2 Å². The number of carbonyl (C=O) groups is 1. The Bertz CT molecular complexity index is 821. The number of hydrogen-bond donors (Lipinski definition) is 1. The first-order valence-corrected chi connectivity index (χ1v) is 12.6. The first kappa shape index (κ1) is 24.0. The molecule has 1 aromatic carbocycles. The maximum Gasteiger partial charge on any atom is 0.223 e. The second kappa shape index (κ2) is 11.8. The fourth-order valence-corrected chi connectivity index (χ4v) is 5.36. The molecule has 180 valence electrons. The van der Waals surface area contributed by atoms with Crippen molar-refractivity contribution >= 4 is 5.91 Å². The van der Waals surface area contributed by atoms with Gasteiger partial charge in [-0.25, -0.2) is 4.39 Å². The summed E-state index contributed by atoms with van der Waals surface area (Å²) >= 11 is 0. The van der Waals surface area contributed by atoms with Gasteiger partial charge < -0.3 is 19.7 Å². The van der Waals surface area contributed by atoms with Gasteiger partial charge in [-0.1, -0.05) is 0 Å². The van der Waals surface area contributed by atoms with Crippen molar-refractivity contribution in [3.8, 4) is 11.8 Å². The highest BCUT2D eigenvalue weighted by atomic mass is 19.1. The number of piperidine rings is 1. The Balaban J connectivity index is 1.11. The molecule has 1 aliphatic carbocycles. The zero-order valence-electron chi connectivity index (χ0n) is 19.4. The predicted molar refractivity (Wildman–Crippen MR) is 123 cm³/mol. The predicted octanol–water partition coefficient (Wildman–Crippen LogP) is 4.03. The number of halogens is 1. The fourth-order valence-electron chi connectivity index (χ4n) is 5.36. The monoisotopic (exact) mass is 457 g/mol. The van der Waals surface area contributed by atoms with Crippen molar-refractivity contribution in [2.45, 2.75) is 69.9 Å². The van der Waals surface area contributed by atoms with Crippen LogP contribution in [0.5, 0.6) is 5.75 Å². The molecule has 0 spiro atoms. The van der Waals surface area contributed by atoms with Gasteiger partial charge in [0.25, 0.3) is 0 Å². The second-order valence-corrected chi connectivity index (χ2v) is 9.81. The molecular weight excluding hydrogens is 421 g/mol. The average Bonchev–Trinajstić information content (AvgIpc) is 2.86. The lowest BCUT2D eigenvalue weighted by atomic mass is 9.83. The van der Waals surface area contributed by atoms with E-state index in [1.54, 1.807) is 6.07 Å². The minimum absolute atomic E-state index is 0.0774. The number of benzene rings is 1. The van der Waals surface area contributed by atoms with Gasteiger partial charge in [-0.05, 0) is 88.4 Å². The molecule has 0 atom stereocenters. The van der Waals surface area contributed by atoms with E-state index in [1.165, 1.54) is 31.4 Å². The highest BCUT2D eigenvalue weighted by molar-refractivity contribution is 5.79. The van der Waals surface area contributed by atoms with Crippen molar-refractivity contribution in [1.29, 1.82) is 5.26 Å². The molecule has 1 amide bonds. The van der Waals surface area contributed by atoms with Gasteiger partial charge in [0, 0.05) is 38.3 Å². The number of nitriles is 1. The Kier molecular flexibility index (Phi) is 8.57. The maximum absolute atomic E-state index is 13.3. The summed E-state index contributed by atoms with van der Waals surface area (Å²) in [4.78, 5) is 15.0. The minimum atomic E-state index is -0.413. The van der Waals surface area contributed by atoms with E-state index in [-0.39, 0.29) is 23.5 Å². The minimum Gasteiger partial charge on any atom is -0.489 e. The first-order valence-electron chi connectivity index (χ1n) is 12.6. The molecule has 6 nitrogen and oxygen atoms in total. The van der Waals surface area contributed by atoms with E-state index >= 15 is 0 Å². The van der Waals surface area contributed by atoms with Gasteiger partial charge in [-0.3, -0.25) is 4.79 Å². The summed E-state index contributed by atoms with van der Waals surface area (Å²) in [7, 11) is 0. The number of amides is 1. The molecule has 4 rings (SSSR count). The summed E-state index contributed by atoms with van der Waals surface area (Å²) < 4.78 is 24.7. The normalized spacial score (nSPS) is 25.3. The van der Waals surface area contributed by atoms with Crippen molar-refractivity contribution in [1.82, 2.24) is 10.2 Å². The lowest BCUT2D eigenvalue weighted by Crippen LogP contribution is -2.43. The van der Waals surface area contributed by atoms with Crippen LogP contribution >= 0.6 is 0 Å². The van der Waals surface area contributed by atoms with Crippen LogP contribution in [-0.2, 0) is 9.53 Å². The van der Waals surface area contributed by atoms with E-state index in [9.17, 15) is 14.4 Å². The van der Waals surface area contributed by atoms with Crippen molar-refractivity contribution in [2.24, 2.45) is 11.8 Å². The Morgan fingerprint density at radius 1 is 1.12 bits per heavy atom. The number of nitrogens with one attached hydrogen (secondary N) is 1. The molecule has 2 aliphatic heterocycles.